The number of nitrogens with zero attached hydrogens (tertiary/aromatic N) is 1. The van der Waals surface area contributed by atoms with E-state index in [0.29, 0.717) is 6.61 Å². The number of hydrogen-bond acceptors (Lipinski definition) is 6. The van der Waals surface area contributed by atoms with Crippen molar-refractivity contribution >= 4 is 21.4 Å². The average Bonchev–Trinajstić information content (AvgIpc) is 3.23. The van der Waals surface area contributed by atoms with Crippen LogP contribution in [0.3, 0.4) is 0 Å². The van der Waals surface area contributed by atoms with Gasteiger partial charge in [-0.1, -0.05) is 5.16 Å². The van der Waals surface area contributed by atoms with Gasteiger partial charge in [0.05, 0.1) is 11.0 Å². The summed E-state index contributed by atoms with van der Waals surface area (Å²) in [4.78, 5) is 0.246. The van der Waals surface area contributed by atoms with Crippen LogP contribution in [-0.4, -0.2) is 32.8 Å². The smallest absolute Gasteiger partial charge is 0.377 e. The second kappa shape index (κ2) is 6.47. The number of thiophene rings is 1. The van der Waals surface area contributed by atoms with Crippen molar-refractivity contribution in [2.75, 3.05) is 13.2 Å². The molecule has 1 aliphatic heterocycles. The molecule has 1 N–H and O–H groups in total. The maximum atomic E-state index is 12.5. The standard InChI is InChI=1S/C13H13F3N2O4S2/c14-13(15,16)11-6-9(22-18-11)10-3-4-12(23-10)24(19,20)17-7-8-2-1-5-21-8/h3-4,6,8,17H,1-2,5,7H2. The predicted octanol–water partition coefficient (Wildman–Crippen LogP) is 2.88. The summed E-state index contributed by atoms with van der Waals surface area (Å²) >= 11 is 0.807. The third kappa shape index (κ3) is 3.79. The van der Waals surface area contributed by atoms with Crippen molar-refractivity contribution in [3.05, 3.63) is 23.9 Å². The van der Waals surface area contributed by atoms with Crippen LogP contribution in [0, 0.1) is 0 Å². The highest BCUT2D eigenvalue weighted by molar-refractivity contribution is 7.91. The van der Waals surface area contributed by atoms with Gasteiger partial charge in [-0.25, -0.2) is 13.1 Å². The fourth-order valence-electron chi connectivity index (χ4n) is 2.20. The van der Waals surface area contributed by atoms with E-state index >= 15 is 0 Å². The minimum Gasteiger partial charge on any atom is -0.377 e. The lowest BCUT2D eigenvalue weighted by molar-refractivity contribution is -0.142. The van der Waals surface area contributed by atoms with E-state index < -0.39 is 21.9 Å². The summed E-state index contributed by atoms with van der Waals surface area (Å²) in [6.45, 7) is 0.776. The molecule has 1 unspecified atom stereocenters. The zero-order chi connectivity index (χ0) is 17.4. The summed E-state index contributed by atoms with van der Waals surface area (Å²) in [5, 5.41) is 2.95. The van der Waals surface area contributed by atoms with E-state index in [1.165, 1.54) is 12.1 Å². The zero-order valence-corrected chi connectivity index (χ0v) is 13.8. The highest BCUT2D eigenvalue weighted by Gasteiger charge is 2.35. The van der Waals surface area contributed by atoms with E-state index in [1.54, 1.807) is 0 Å². The first-order valence-electron chi connectivity index (χ1n) is 7.01. The molecule has 0 aromatic carbocycles. The van der Waals surface area contributed by atoms with Gasteiger partial charge < -0.3 is 9.26 Å². The van der Waals surface area contributed by atoms with Gasteiger partial charge in [-0.3, -0.25) is 0 Å². The molecular weight excluding hydrogens is 369 g/mol. The topological polar surface area (TPSA) is 81.4 Å². The first-order chi connectivity index (χ1) is 11.3. The van der Waals surface area contributed by atoms with Gasteiger partial charge in [0.15, 0.2) is 11.5 Å². The molecule has 0 amide bonds. The van der Waals surface area contributed by atoms with Crippen LogP contribution >= 0.6 is 11.3 Å². The maximum Gasteiger partial charge on any atom is 0.436 e. The second-order valence-electron chi connectivity index (χ2n) is 5.18. The molecule has 0 bridgehead atoms. The molecule has 6 nitrogen and oxygen atoms in total. The molecule has 1 aliphatic rings. The van der Waals surface area contributed by atoms with Crippen LogP contribution < -0.4 is 4.72 Å². The molecule has 1 fully saturated rings. The fraction of sp³-hybridized carbons (Fsp3) is 0.462. The lowest BCUT2D eigenvalue weighted by atomic mass is 10.2. The molecule has 0 aliphatic carbocycles. The van der Waals surface area contributed by atoms with Gasteiger partial charge in [0.2, 0.25) is 10.0 Å². The summed E-state index contributed by atoms with van der Waals surface area (Å²) < 4.78 is 74.4. The van der Waals surface area contributed by atoms with Crippen LogP contribution in [0.5, 0.6) is 0 Å². The third-order valence-corrected chi connectivity index (χ3v) is 6.43. The summed E-state index contributed by atoms with van der Waals surface area (Å²) in [6.07, 6.45) is -3.08. The number of nitrogens with one attached hydrogen (secondary N) is 1. The molecule has 24 heavy (non-hydrogen) atoms. The Hall–Kier alpha value is -1.43. The number of halogens is 3. The van der Waals surface area contributed by atoms with Crippen LogP contribution in [0.2, 0.25) is 0 Å². The number of hydrogen-bond donors (Lipinski definition) is 1. The van der Waals surface area contributed by atoms with E-state index in [0.717, 1.165) is 30.2 Å². The Morgan fingerprint density at radius 2 is 2.17 bits per heavy atom. The Bertz CT molecular complexity index is 807. The molecule has 3 heterocycles. The van der Waals surface area contributed by atoms with Gasteiger partial charge in [0, 0.05) is 19.2 Å². The van der Waals surface area contributed by atoms with E-state index in [9.17, 15) is 21.6 Å². The highest BCUT2D eigenvalue weighted by Crippen LogP contribution is 2.35. The van der Waals surface area contributed by atoms with Gasteiger partial charge in [-0.2, -0.15) is 13.2 Å². The molecule has 3 rings (SSSR count). The van der Waals surface area contributed by atoms with Crippen LogP contribution in [0.1, 0.15) is 18.5 Å². The minimum absolute atomic E-state index is 0.0135. The fourth-order valence-corrected chi connectivity index (χ4v) is 4.57. The second-order valence-corrected chi connectivity index (χ2v) is 8.26. The van der Waals surface area contributed by atoms with Crippen LogP contribution in [0.15, 0.2) is 26.9 Å². The lowest BCUT2D eigenvalue weighted by Gasteiger charge is -2.10. The Balaban J connectivity index is 1.73. The number of rotatable bonds is 5. The van der Waals surface area contributed by atoms with Crippen molar-refractivity contribution in [2.45, 2.75) is 29.3 Å². The Morgan fingerprint density at radius 1 is 1.38 bits per heavy atom. The van der Waals surface area contributed by atoms with Gasteiger partial charge in [-0.05, 0) is 25.0 Å². The summed E-state index contributed by atoms with van der Waals surface area (Å²) in [6, 6.07) is 3.43. The maximum absolute atomic E-state index is 12.5. The molecule has 132 valence electrons. The van der Waals surface area contributed by atoms with Gasteiger partial charge >= 0.3 is 6.18 Å². The SMILES string of the molecule is O=S(=O)(NCC1CCCO1)c1ccc(-c2cc(C(F)(F)F)no2)s1. The van der Waals surface area contributed by atoms with Crippen molar-refractivity contribution in [3.63, 3.8) is 0 Å². The molecule has 2 aromatic heterocycles. The van der Waals surface area contributed by atoms with Gasteiger partial charge in [0.1, 0.15) is 4.21 Å². The molecular formula is C13H13F3N2O4S2. The monoisotopic (exact) mass is 382 g/mol. The molecule has 1 atom stereocenters. The van der Waals surface area contributed by atoms with Crippen molar-refractivity contribution in [2.24, 2.45) is 0 Å². The summed E-state index contributed by atoms with van der Waals surface area (Å²) in [7, 11) is -3.75. The average molecular weight is 382 g/mol. The van der Waals surface area contributed by atoms with E-state index in [2.05, 4.69) is 14.4 Å². The summed E-state index contributed by atoms with van der Waals surface area (Å²) in [5.41, 5.74) is -1.16. The van der Waals surface area contributed by atoms with Crippen molar-refractivity contribution in [1.82, 2.24) is 9.88 Å². The van der Waals surface area contributed by atoms with Crippen molar-refractivity contribution < 1.29 is 30.8 Å². The first kappa shape index (κ1) is 17.4. The van der Waals surface area contributed by atoms with E-state index in [4.69, 9.17) is 4.74 Å². The quantitative estimate of drug-likeness (QED) is 0.860. The van der Waals surface area contributed by atoms with Crippen LogP contribution in [-0.2, 0) is 20.9 Å². The molecule has 0 spiro atoms. The van der Waals surface area contributed by atoms with Gasteiger partial charge in [0.25, 0.3) is 0 Å². The number of sulfonamides is 1. The molecule has 0 radical (unpaired) electrons. The molecule has 1 saturated heterocycles. The van der Waals surface area contributed by atoms with E-state index in [-0.39, 0.29) is 27.5 Å². The minimum atomic E-state index is -4.61. The van der Waals surface area contributed by atoms with Crippen LogP contribution in [0.4, 0.5) is 13.2 Å². The normalized spacial score (nSPS) is 19.0. The lowest BCUT2D eigenvalue weighted by Crippen LogP contribution is -2.31. The molecule has 11 heteroatoms. The number of aromatic nitrogens is 1. The largest absolute Gasteiger partial charge is 0.436 e. The van der Waals surface area contributed by atoms with Gasteiger partial charge in [-0.15, -0.1) is 11.3 Å². The zero-order valence-electron chi connectivity index (χ0n) is 12.2. The van der Waals surface area contributed by atoms with Crippen molar-refractivity contribution in [3.8, 4) is 10.6 Å². The summed E-state index contributed by atoms with van der Waals surface area (Å²) in [5.74, 6) is -0.132. The Labute approximate surface area is 139 Å². The van der Waals surface area contributed by atoms with E-state index in [1.807, 2.05) is 0 Å². The Morgan fingerprint density at radius 3 is 2.79 bits per heavy atom. The number of alkyl halides is 3. The third-order valence-electron chi connectivity index (χ3n) is 3.41. The predicted molar refractivity (Wildman–Crippen MR) is 79.0 cm³/mol. The van der Waals surface area contributed by atoms with Crippen molar-refractivity contribution in [1.29, 1.82) is 0 Å². The van der Waals surface area contributed by atoms with Crippen LogP contribution in [0.25, 0.3) is 10.6 Å². The first-order valence-corrected chi connectivity index (χ1v) is 9.31. The highest BCUT2D eigenvalue weighted by atomic mass is 32.2. The molecule has 2 aromatic rings. The Kier molecular flexibility index (Phi) is 4.69. The molecule has 0 saturated carbocycles. The number of ether oxygens (including phenoxy) is 1.